The lowest BCUT2D eigenvalue weighted by Crippen LogP contribution is -2.41. The zero-order valence-electron chi connectivity index (χ0n) is 10.4. The number of nitrogens with zero attached hydrogens (tertiary/aromatic N) is 1. The molecular formula is C13H25NO2. The third-order valence-electron chi connectivity index (χ3n) is 4.13. The van der Waals surface area contributed by atoms with Gasteiger partial charge in [-0.3, -0.25) is 4.90 Å². The highest BCUT2D eigenvalue weighted by atomic mass is 16.5. The van der Waals surface area contributed by atoms with Gasteiger partial charge in [0.15, 0.2) is 0 Å². The summed E-state index contributed by atoms with van der Waals surface area (Å²) in [5.74, 6) is 0.681. The molecule has 16 heavy (non-hydrogen) atoms. The fourth-order valence-electron chi connectivity index (χ4n) is 3.23. The molecule has 2 aliphatic rings. The maximum atomic E-state index is 10.2. The van der Waals surface area contributed by atoms with Crippen molar-refractivity contribution in [2.75, 3.05) is 26.8 Å². The quantitative estimate of drug-likeness (QED) is 0.744. The average molecular weight is 227 g/mol. The number of hydrogen-bond acceptors (Lipinski definition) is 3. The second-order valence-electron chi connectivity index (χ2n) is 5.38. The van der Waals surface area contributed by atoms with E-state index in [-0.39, 0.29) is 6.10 Å². The van der Waals surface area contributed by atoms with Gasteiger partial charge in [-0.1, -0.05) is 19.3 Å². The predicted molar refractivity (Wildman–Crippen MR) is 64.4 cm³/mol. The molecule has 3 atom stereocenters. The van der Waals surface area contributed by atoms with E-state index in [4.69, 9.17) is 4.74 Å². The summed E-state index contributed by atoms with van der Waals surface area (Å²) >= 11 is 0. The Hall–Kier alpha value is -0.120. The number of likely N-dealkylation sites (tertiary alicyclic amines) is 1. The molecule has 0 aromatic heterocycles. The Morgan fingerprint density at radius 2 is 2.00 bits per heavy atom. The van der Waals surface area contributed by atoms with E-state index in [0.717, 1.165) is 26.1 Å². The van der Waals surface area contributed by atoms with Crippen molar-refractivity contribution in [1.29, 1.82) is 0 Å². The van der Waals surface area contributed by atoms with Crippen molar-refractivity contribution in [3.05, 3.63) is 0 Å². The van der Waals surface area contributed by atoms with Crippen molar-refractivity contribution in [3.63, 3.8) is 0 Å². The third-order valence-corrected chi connectivity index (χ3v) is 4.13. The largest absolute Gasteiger partial charge is 0.391 e. The van der Waals surface area contributed by atoms with E-state index >= 15 is 0 Å². The molecule has 94 valence electrons. The van der Waals surface area contributed by atoms with Gasteiger partial charge in [0, 0.05) is 19.7 Å². The number of aliphatic hydroxyl groups excluding tert-OH is 1. The number of methoxy groups -OCH3 is 1. The van der Waals surface area contributed by atoms with Crippen molar-refractivity contribution in [2.24, 2.45) is 5.92 Å². The van der Waals surface area contributed by atoms with Gasteiger partial charge >= 0.3 is 0 Å². The fraction of sp³-hybridized carbons (Fsp3) is 1.00. The third kappa shape index (κ3) is 2.96. The maximum Gasteiger partial charge on any atom is 0.0695 e. The van der Waals surface area contributed by atoms with Gasteiger partial charge in [0.2, 0.25) is 0 Å². The van der Waals surface area contributed by atoms with Crippen LogP contribution in [0, 0.1) is 5.92 Å². The van der Waals surface area contributed by atoms with Crippen molar-refractivity contribution < 1.29 is 9.84 Å². The van der Waals surface area contributed by atoms with Gasteiger partial charge in [-0.05, 0) is 31.7 Å². The van der Waals surface area contributed by atoms with Crippen LogP contribution in [0.2, 0.25) is 0 Å². The van der Waals surface area contributed by atoms with Crippen LogP contribution >= 0.6 is 0 Å². The standard InChI is InChI=1S/C13H25NO2/c1-16-10-11-7-8-14(9-11)12-5-3-2-4-6-13(12)15/h11-13,15H,2-10H2,1H3. The Balaban J connectivity index is 1.86. The second-order valence-corrected chi connectivity index (χ2v) is 5.38. The van der Waals surface area contributed by atoms with Crippen LogP contribution in [-0.4, -0.2) is 49.0 Å². The highest BCUT2D eigenvalue weighted by molar-refractivity contribution is 4.86. The number of rotatable bonds is 3. The molecule has 0 amide bonds. The lowest BCUT2D eigenvalue weighted by molar-refractivity contribution is 0.0518. The molecule has 0 spiro atoms. The molecule has 1 aliphatic carbocycles. The van der Waals surface area contributed by atoms with Crippen LogP contribution in [0.15, 0.2) is 0 Å². The van der Waals surface area contributed by atoms with E-state index < -0.39 is 0 Å². The van der Waals surface area contributed by atoms with Gasteiger partial charge in [0.1, 0.15) is 0 Å². The highest BCUT2D eigenvalue weighted by Crippen LogP contribution is 2.27. The van der Waals surface area contributed by atoms with Gasteiger partial charge in [0.05, 0.1) is 12.7 Å². The molecule has 2 fully saturated rings. The molecule has 1 heterocycles. The summed E-state index contributed by atoms with van der Waals surface area (Å²) in [6.07, 6.45) is 7.10. The van der Waals surface area contributed by atoms with Gasteiger partial charge in [-0.25, -0.2) is 0 Å². The van der Waals surface area contributed by atoms with E-state index in [1.54, 1.807) is 7.11 Å². The van der Waals surface area contributed by atoms with Crippen LogP contribution in [-0.2, 0) is 4.74 Å². The summed E-state index contributed by atoms with van der Waals surface area (Å²) < 4.78 is 5.22. The average Bonchev–Trinajstić information content (AvgIpc) is 2.61. The molecule has 0 aromatic rings. The van der Waals surface area contributed by atoms with Gasteiger partial charge in [-0.15, -0.1) is 0 Å². The smallest absolute Gasteiger partial charge is 0.0695 e. The van der Waals surface area contributed by atoms with Crippen LogP contribution in [0.1, 0.15) is 38.5 Å². The summed E-state index contributed by atoms with van der Waals surface area (Å²) in [5, 5.41) is 10.2. The normalized spacial score (nSPS) is 37.5. The van der Waals surface area contributed by atoms with Crippen LogP contribution in [0.25, 0.3) is 0 Å². The van der Waals surface area contributed by atoms with Gasteiger partial charge in [0.25, 0.3) is 0 Å². The lowest BCUT2D eigenvalue weighted by atomic mass is 10.0. The van der Waals surface area contributed by atoms with Crippen molar-refractivity contribution in [3.8, 4) is 0 Å². The van der Waals surface area contributed by atoms with Crippen molar-refractivity contribution in [1.82, 2.24) is 4.90 Å². The zero-order chi connectivity index (χ0) is 11.4. The lowest BCUT2D eigenvalue weighted by Gasteiger charge is -2.30. The topological polar surface area (TPSA) is 32.7 Å². The van der Waals surface area contributed by atoms with Crippen molar-refractivity contribution >= 4 is 0 Å². The van der Waals surface area contributed by atoms with Gasteiger partial charge < -0.3 is 9.84 Å². The first-order valence-corrected chi connectivity index (χ1v) is 6.72. The number of aliphatic hydroxyl groups is 1. The van der Waals surface area contributed by atoms with Crippen LogP contribution < -0.4 is 0 Å². The Morgan fingerprint density at radius 1 is 1.19 bits per heavy atom. The van der Waals surface area contributed by atoms with Crippen molar-refractivity contribution in [2.45, 2.75) is 50.7 Å². The zero-order valence-corrected chi connectivity index (χ0v) is 10.4. The van der Waals surface area contributed by atoms with Crippen LogP contribution in [0.5, 0.6) is 0 Å². The van der Waals surface area contributed by atoms with E-state index in [1.165, 1.54) is 32.1 Å². The van der Waals surface area contributed by atoms with E-state index in [0.29, 0.717) is 12.0 Å². The Labute approximate surface area is 98.8 Å². The Bertz CT molecular complexity index is 210. The molecule has 3 heteroatoms. The molecule has 0 aromatic carbocycles. The summed E-state index contributed by atoms with van der Waals surface area (Å²) in [6, 6.07) is 0.421. The highest BCUT2D eigenvalue weighted by Gasteiger charge is 2.32. The molecule has 0 bridgehead atoms. The first-order chi connectivity index (χ1) is 7.81. The molecule has 1 aliphatic heterocycles. The Morgan fingerprint density at radius 3 is 2.81 bits per heavy atom. The van der Waals surface area contributed by atoms with Crippen LogP contribution in [0.4, 0.5) is 0 Å². The minimum absolute atomic E-state index is 0.0937. The van der Waals surface area contributed by atoms with Crippen LogP contribution in [0.3, 0.4) is 0 Å². The molecule has 1 N–H and O–H groups in total. The van der Waals surface area contributed by atoms with Gasteiger partial charge in [-0.2, -0.15) is 0 Å². The summed E-state index contributed by atoms with van der Waals surface area (Å²) in [7, 11) is 1.78. The van der Waals surface area contributed by atoms with E-state index in [1.807, 2.05) is 0 Å². The molecule has 2 rings (SSSR count). The molecule has 3 unspecified atom stereocenters. The van der Waals surface area contributed by atoms with E-state index in [9.17, 15) is 5.11 Å². The SMILES string of the molecule is COCC1CCN(C2CCCCCC2O)C1. The Kier molecular flexibility index (Phi) is 4.62. The fourth-order valence-corrected chi connectivity index (χ4v) is 3.23. The maximum absolute atomic E-state index is 10.2. The summed E-state index contributed by atoms with van der Waals surface area (Å²) in [5.41, 5.74) is 0. The summed E-state index contributed by atoms with van der Waals surface area (Å²) in [6.45, 7) is 3.14. The molecule has 1 saturated carbocycles. The predicted octanol–water partition coefficient (Wildman–Crippen LogP) is 1.65. The minimum atomic E-state index is -0.0937. The first-order valence-electron chi connectivity index (χ1n) is 6.72. The summed E-state index contributed by atoms with van der Waals surface area (Å²) in [4.78, 5) is 2.50. The number of hydrogen-bond donors (Lipinski definition) is 1. The first kappa shape index (κ1) is 12.3. The molecule has 1 saturated heterocycles. The number of ether oxygens (including phenoxy) is 1. The minimum Gasteiger partial charge on any atom is -0.391 e. The second kappa shape index (κ2) is 5.99. The van der Waals surface area contributed by atoms with E-state index in [2.05, 4.69) is 4.90 Å². The monoisotopic (exact) mass is 227 g/mol. The molecular weight excluding hydrogens is 202 g/mol. The molecule has 3 nitrogen and oxygen atoms in total. The molecule has 0 radical (unpaired) electrons.